The first-order valence-corrected chi connectivity index (χ1v) is 9.19. The molecule has 1 aliphatic heterocycles. The zero-order valence-electron chi connectivity index (χ0n) is 13.9. The predicted octanol–water partition coefficient (Wildman–Crippen LogP) is 3.86. The van der Waals surface area contributed by atoms with Gasteiger partial charge in [0.2, 0.25) is 5.91 Å². The number of nitrogens with zero attached hydrogens (tertiary/aromatic N) is 2. The van der Waals surface area contributed by atoms with Crippen molar-refractivity contribution in [2.45, 2.75) is 32.6 Å². The van der Waals surface area contributed by atoms with E-state index in [2.05, 4.69) is 6.92 Å². The maximum Gasteiger partial charge on any atom is 0.254 e. The summed E-state index contributed by atoms with van der Waals surface area (Å²) in [5, 5.41) is 0.905. The number of halogens is 2. The Morgan fingerprint density at radius 2 is 1.42 bits per heavy atom. The minimum Gasteiger partial charge on any atom is -0.339 e. The fourth-order valence-electron chi connectivity index (χ4n) is 3.72. The molecular weight excluding hydrogens is 347 g/mol. The maximum atomic E-state index is 12.7. The third-order valence-corrected chi connectivity index (χ3v) is 5.62. The van der Waals surface area contributed by atoms with Gasteiger partial charge in [-0.1, -0.05) is 43.0 Å². The molecule has 2 fully saturated rings. The number of amides is 2. The van der Waals surface area contributed by atoms with E-state index in [1.807, 2.05) is 4.90 Å². The average Bonchev–Trinajstić information content (AvgIpc) is 3.01. The molecule has 0 aromatic heterocycles. The lowest BCUT2D eigenvalue weighted by Crippen LogP contribution is -2.53. The summed E-state index contributed by atoms with van der Waals surface area (Å²) in [6.45, 7) is 4.35. The van der Waals surface area contributed by atoms with Crippen LogP contribution in [0, 0.1) is 5.41 Å². The third kappa shape index (κ3) is 3.55. The van der Waals surface area contributed by atoms with Gasteiger partial charge in [-0.05, 0) is 31.0 Å². The lowest BCUT2D eigenvalue weighted by atomic mass is 9.87. The molecular formula is C18H22Cl2N2O2. The number of carbonyl (C=O) groups is 2. The molecule has 1 aliphatic carbocycles. The van der Waals surface area contributed by atoms with Gasteiger partial charge in [0.25, 0.3) is 5.91 Å². The second kappa shape index (κ2) is 6.93. The lowest BCUT2D eigenvalue weighted by Gasteiger charge is -2.38. The molecule has 0 N–H and O–H groups in total. The van der Waals surface area contributed by atoms with Crippen molar-refractivity contribution in [2.75, 3.05) is 26.2 Å². The van der Waals surface area contributed by atoms with E-state index >= 15 is 0 Å². The van der Waals surface area contributed by atoms with Crippen LogP contribution in [-0.2, 0) is 4.79 Å². The van der Waals surface area contributed by atoms with Crippen molar-refractivity contribution in [3.05, 3.63) is 33.8 Å². The molecule has 1 saturated heterocycles. The molecule has 1 saturated carbocycles. The minimum atomic E-state index is -0.202. The van der Waals surface area contributed by atoms with Crippen molar-refractivity contribution in [1.82, 2.24) is 9.80 Å². The van der Waals surface area contributed by atoms with E-state index in [1.165, 1.54) is 0 Å². The van der Waals surface area contributed by atoms with Crippen LogP contribution in [0.25, 0.3) is 0 Å². The summed E-state index contributed by atoms with van der Waals surface area (Å²) >= 11 is 12.0. The second-order valence-electron chi connectivity index (χ2n) is 7.01. The Bertz CT molecular complexity index is 628. The van der Waals surface area contributed by atoms with Crippen LogP contribution >= 0.6 is 23.2 Å². The number of benzene rings is 1. The molecule has 1 heterocycles. The van der Waals surface area contributed by atoms with Gasteiger partial charge < -0.3 is 9.80 Å². The smallest absolute Gasteiger partial charge is 0.254 e. The van der Waals surface area contributed by atoms with Crippen molar-refractivity contribution in [1.29, 1.82) is 0 Å². The van der Waals surface area contributed by atoms with Crippen LogP contribution in [0.15, 0.2) is 18.2 Å². The highest BCUT2D eigenvalue weighted by Crippen LogP contribution is 2.39. The van der Waals surface area contributed by atoms with Gasteiger partial charge in [0.15, 0.2) is 0 Å². The molecule has 2 aliphatic rings. The normalized spacial score (nSPS) is 20.3. The third-order valence-electron chi connectivity index (χ3n) is 5.19. The van der Waals surface area contributed by atoms with Crippen LogP contribution in [-0.4, -0.2) is 47.8 Å². The molecule has 24 heavy (non-hydrogen) atoms. The first-order valence-electron chi connectivity index (χ1n) is 8.44. The largest absolute Gasteiger partial charge is 0.339 e. The van der Waals surface area contributed by atoms with Crippen molar-refractivity contribution in [3.63, 3.8) is 0 Å². The highest BCUT2D eigenvalue weighted by molar-refractivity contribution is 6.35. The first-order chi connectivity index (χ1) is 11.4. The summed E-state index contributed by atoms with van der Waals surface area (Å²) in [6.07, 6.45) is 4.23. The van der Waals surface area contributed by atoms with Crippen LogP contribution in [0.5, 0.6) is 0 Å². The predicted molar refractivity (Wildman–Crippen MR) is 95.5 cm³/mol. The second-order valence-corrected chi connectivity index (χ2v) is 7.88. The highest BCUT2D eigenvalue weighted by atomic mass is 35.5. The average molecular weight is 369 g/mol. The molecule has 0 spiro atoms. The quantitative estimate of drug-likeness (QED) is 0.794. The van der Waals surface area contributed by atoms with E-state index < -0.39 is 0 Å². The molecule has 6 heteroatoms. The van der Waals surface area contributed by atoms with Crippen LogP contribution < -0.4 is 0 Å². The number of carbonyl (C=O) groups excluding carboxylic acids is 2. The summed E-state index contributed by atoms with van der Waals surface area (Å²) in [7, 11) is 0. The molecule has 3 rings (SSSR count). The maximum absolute atomic E-state index is 12.7. The molecule has 2 amide bonds. The topological polar surface area (TPSA) is 40.6 Å². The standard InChI is InChI=1S/C18H22Cl2N2O2/c1-18(4-2-3-5-18)17(24)22-8-6-21(7-9-22)16(23)13-10-14(19)12-15(20)11-13/h10-12H,2-9H2,1H3. The molecule has 0 bridgehead atoms. The van der Waals surface area contributed by atoms with Crippen LogP contribution in [0.2, 0.25) is 10.0 Å². The number of hydrogen-bond donors (Lipinski definition) is 0. The Kier molecular flexibility index (Phi) is 5.07. The number of rotatable bonds is 2. The Balaban J connectivity index is 1.62. The Morgan fingerprint density at radius 3 is 1.96 bits per heavy atom. The van der Waals surface area contributed by atoms with Gasteiger partial charge in [-0.2, -0.15) is 0 Å². The van der Waals surface area contributed by atoms with Crippen LogP contribution in [0.1, 0.15) is 43.0 Å². The van der Waals surface area contributed by atoms with Crippen LogP contribution in [0.3, 0.4) is 0 Å². The molecule has 1 aromatic rings. The van der Waals surface area contributed by atoms with Gasteiger partial charge in [-0.15, -0.1) is 0 Å². The summed E-state index contributed by atoms with van der Waals surface area (Å²) < 4.78 is 0. The van der Waals surface area contributed by atoms with E-state index in [0.29, 0.717) is 41.8 Å². The highest BCUT2D eigenvalue weighted by Gasteiger charge is 2.40. The SMILES string of the molecule is CC1(C(=O)N2CCN(C(=O)c3cc(Cl)cc(Cl)c3)CC2)CCCC1. The molecule has 4 nitrogen and oxygen atoms in total. The summed E-state index contributed by atoms with van der Waals surface area (Å²) in [6, 6.07) is 4.87. The van der Waals surface area contributed by atoms with Gasteiger partial charge in [0.05, 0.1) is 0 Å². The van der Waals surface area contributed by atoms with Gasteiger partial charge in [0, 0.05) is 47.2 Å². The first kappa shape index (κ1) is 17.6. The Hall–Kier alpha value is -1.26. The van der Waals surface area contributed by atoms with Crippen molar-refractivity contribution in [3.8, 4) is 0 Å². The fourth-order valence-corrected chi connectivity index (χ4v) is 4.25. The van der Waals surface area contributed by atoms with Gasteiger partial charge in [-0.25, -0.2) is 0 Å². The van der Waals surface area contributed by atoms with E-state index in [-0.39, 0.29) is 17.2 Å². The Labute approximate surface area is 152 Å². The van der Waals surface area contributed by atoms with Gasteiger partial charge >= 0.3 is 0 Å². The minimum absolute atomic E-state index is 0.0847. The summed E-state index contributed by atoms with van der Waals surface area (Å²) in [5.74, 6) is 0.163. The molecule has 0 unspecified atom stereocenters. The van der Waals surface area contributed by atoms with Crippen LogP contribution in [0.4, 0.5) is 0 Å². The molecule has 1 aromatic carbocycles. The summed E-state index contributed by atoms with van der Waals surface area (Å²) in [5.41, 5.74) is 0.294. The zero-order chi connectivity index (χ0) is 17.3. The molecule has 0 radical (unpaired) electrons. The number of hydrogen-bond acceptors (Lipinski definition) is 2. The van der Waals surface area contributed by atoms with Gasteiger partial charge in [0.1, 0.15) is 0 Å². The van der Waals surface area contributed by atoms with E-state index in [4.69, 9.17) is 23.2 Å². The zero-order valence-corrected chi connectivity index (χ0v) is 15.4. The van der Waals surface area contributed by atoms with Gasteiger partial charge in [-0.3, -0.25) is 9.59 Å². The summed E-state index contributed by atoms with van der Waals surface area (Å²) in [4.78, 5) is 29.0. The lowest BCUT2D eigenvalue weighted by molar-refractivity contribution is -0.142. The monoisotopic (exact) mass is 368 g/mol. The molecule has 0 atom stereocenters. The van der Waals surface area contributed by atoms with E-state index in [1.54, 1.807) is 23.1 Å². The fraction of sp³-hybridized carbons (Fsp3) is 0.556. The van der Waals surface area contributed by atoms with Crippen molar-refractivity contribution >= 4 is 35.0 Å². The molecule has 130 valence electrons. The van der Waals surface area contributed by atoms with E-state index in [0.717, 1.165) is 25.7 Å². The number of piperazine rings is 1. The Morgan fingerprint density at radius 1 is 0.917 bits per heavy atom. The van der Waals surface area contributed by atoms with E-state index in [9.17, 15) is 9.59 Å². The van der Waals surface area contributed by atoms with Crippen molar-refractivity contribution < 1.29 is 9.59 Å². The van der Waals surface area contributed by atoms with Crippen molar-refractivity contribution in [2.24, 2.45) is 5.41 Å².